The van der Waals surface area contributed by atoms with E-state index in [1.807, 2.05) is 11.6 Å². The second kappa shape index (κ2) is 6.92. The van der Waals surface area contributed by atoms with Gasteiger partial charge < -0.3 is 10.1 Å². The van der Waals surface area contributed by atoms with Gasteiger partial charge in [-0.1, -0.05) is 18.5 Å². The van der Waals surface area contributed by atoms with Crippen LogP contribution in [0.1, 0.15) is 38.6 Å². The van der Waals surface area contributed by atoms with E-state index in [9.17, 15) is 0 Å². The first-order chi connectivity index (χ1) is 9.56. The topological polar surface area (TPSA) is 39.1 Å². The summed E-state index contributed by atoms with van der Waals surface area (Å²) >= 11 is 6.43. The molecule has 2 rings (SSSR count). The molecular formula is C15H26ClN3O. The van der Waals surface area contributed by atoms with Crippen molar-refractivity contribution in [3.8, 4) is 0 Å². The van der Waals surface area contributed by atoms with Crippen LogP contribution in [-0.2, 0) is 17.7 Å². The number of aromatic nitrogens is 2. The van der Waals surface area contributed by atoms with E-state index in [4.69, 9.17) is 16.3 Å². The maximum Gasteiger partial charge on any atom is 0.0847 e. The Morgan fingerprint density at radius 3 is 2.80 bits per heavy atom. The molecule has 0 saturated carbocycles. The second-order valence-electron chi connectivity index (χ2n) is 5.67. The summed E-state index contributed by atoms with van der Waals surface area (Å²) in [4.78, 5) is 0. The molecule has 0 spiro atoms. The molecule has 1 fully saturated rings. The van der Waals surface area contributed by atoms with E-state index in [1.54, 1.807) is 0 Å². The highest BCUT2D eigenvalue weighted by atomic mass is 35.5. The van der Waals surface area contributed by atoms with Gasteiger partial charge in [-0.2, -0.15) is 5.10 Å². The second-order valence-corrected chi connectivity index (χ2v) is 6.05. The fraction of sp³-hybridized carbons (Fsp3) is 0.800. The van der Waals surface area contributed by atoms with Crippen LogP contribution < -0.4 is 5.32 Å². The molecular weight excluding hydrogens is 274 g/mol. The number of hydrogen-bond donors (Lipinski definition) is 1. The monoisotopic (exact) mass is 299 g/mol. The molecule has 20 heavy (non-hydrogen) atoms. The maximum absolute atomic E-state index is 6.43. The third-order valence-electron chi connectivity index (χ3n) is 4.13. The van der Waals surface area contributed by atoms with Gasteiger partial charge in [-0.15, -0.1) is 0 Å². The number of nitrogens with one attached hydrogen (secondary N) is 1. The fourth-order valence-electron chi connectivity index (χ4n) is 3.07. The van der Waals surface area contributed by atoms with Crippen molar-refractivity contribution < 1.29 is 4.74 Å². The molecule has 0 bridgehead atoms. The molecule has 0 aliphatic carbocycles. The molecule has 5 heteroatoms. The predicted octanol–water partition coefficient (Wildman–Crippen LogP) is 2.81. The van der Waals surface area contributed by atoms with E-state index in [1.165, 1.54) is 0 Å². The summed E-state index contributed by atoms with van der Waals surface area (Å²) in [5.74, 6) is 0.557. The van der Waals surface area contributed by atoms with E-state index in [0.29, 0.717) is 18.1 Å². The molecule has 1 aromatic rings. The Labute approximate surface area is 126 Å². The largest absolute Gasteiger partial charge is 0.378 e. The van der Waals surface area contributed by atoms with Crippen molar-refractivity contribution in [2.45, 2.75) is 59.2 Å². The SMILES string of the molecule is CCNC(Cc1c(Cl)c(C)nn1CC)C1COC(C)C1. The summed E-state index contributed by atoms with van der Waals surface area (Å²) in [7, 11) is 0. The number of aryl methyl sites for hydroxylation is 2. The molecule has 1 aliphatic heterocycles. The van der Waals surface area contributed by atoms with Gasteiger partial charge in [0, 0.05) is 24.9 Å². The summed E-state index contributed by atoms with van der Waals surface area (Å²) in [6, 6.07) is 0.406. The fourth-order valence-corrected chi connectivity index (χ4v) is 3.28. The molecule has 0 radical (unpaired) electrons. The third kappa shape index (κ3) is 3.35. The summed E-state index contributed by atoms with van der Waals surface area (Å²) in [6.45, 7) is 11.0. The predicted molar refractivity (Wildman–Crippen MR) is 82.3 cm³/mol. The van der Waals surface area contributed by atoms with Gasteiger partial charge in [0.05, 0.1) is 29.1 Å². The van der Waals surface area contributed by atoms with Gasteiger partial charge in [-0.05, 0) is 33.7 Å². The van der Waals surface area contributed by atoms with Crippen LogP contribution in [0.2, 0.25) is 5.02 Å². The lowest BCUT2D eigenvalue weighted by molar-refractivity contribution is 0.117. The minimum absolute atomic E-state index is 0.370. The Hall–Kier alpha value is -0.580. The van der Waals surface area contributed by atoms with Gasteiger partial charge in [-0.3, -0.25) is 4.68 Å². The highest BCUT2D eigenvalue weighted by Gasteiger charge is 2.30. The van der Waals surface area contributed by atoms with Crippen molar-refractivity contribution in [2.24, 2.45) is 5.92 Å². The van der Waals surface area contributed by atoms with Crippen LogP contribution >= 0.6 is 11.6 Å². The Balaban J connectivity index is 2.15. The Morgan fingerprint density at radius 1 is 1.50 bits per heavy atom. The smallest absolute Gasteiger partial charge is 0.0847 e. The molecule has 1 N–H and O–H groups in total. The molecule has 3 unspecified atom stereocenters. The average molecular weight is 300 g/mol. The zero-order valence-corrected chi connectivity index (χ0v) is 13.7. The molecule has 0 aromatic carbocycles. The summed E-state index contributed by atoms with van der Waals surface area (Å²) in [5, 5.41) is 8.93. The molecule has 1 aromatic heterocycles. The first-order valence-electron chi connectivity index (χ1n) is 7.63. The van der Waals surface area contributed by atoms with Crippen LogP contribution in [-0.4, -0.2) is 35.1 Å². The van der Waals surface area contributed by atoms with Crippen molar-refractivity contribution in [2.75, 3.05) is 13.2 Å². The van der Waals surface area contributed by atoms with Gasteiger partial charge in [0.1, 0.15) is 0 Å². The summed E-state index contributed by atoms with van der Waals surface area (Å²) in [6.07, 6.45) is 2.41. The van der Waals surface area contributed by atoms with Crippen LogP contribution in [0.4, 0.5) is 0 Å². The quantitative estimate of drug-likeness (QED) is 0.878. The van der Waals surface area contributed by atoms with Gasteiger partial charge in [-0.25, -0.2) is 0 Å². The normalized spacial score (nSPS) is 24.2. The molecule has 4 nitrogen and oxygen atoms in total. The van der Waals surface area contributed by atoms with Crippen molar-refractivity contribution in [1.29, 1.82) is 0 Å². The van der Waals surface area contributed by atoms with Crippen molar-refractivity contribution in [3.63, 3.8) is 0 Å². The first-order valence-corrected chi connectivity index (χ1v) is 8.01. The highest BCUT2D eigenvalue weighted by Crippen LogP contribution is 2.27. The minimum atomic E-state index is 0.370. The lowest BCUT2D eigenvalue weighted by atomic mass is 9.93. The van der Waals surface area contributed by atoms with Crippen LogP contribution in [0.5, 0.6) is 0 Å². The summed E-state index contributed by atoms with van der Waals surface area (Å²) in [5.41, 5.74) is 2.08. The van der Waals surface area contributed by atoms with E-state index < -0.39 is 0 Å². The van der Waals surface area contributed by atoms with Gasteiger partial charge >= 0.3 is 0 Å². The average Bonchev–Trinajstić information content (AvgIpc) is 2.96. The third-order valence-corrected chi connectivity index (χ3v) is 4.62. The molecule has 1 saturated heterocycles. The number of nitrogens with zero attached hydrogens (tertiary/aromatic N) is 2. The molecule has 114 valence electrons. The van der Waals surface area contributed by atoms with Crippen LogP contribution in [0.15, 0.2) is 0 Å². The zero-order valence-electron chi connectivity index (χ0n) is 12.9. The Bertz CT molecular complexity index is 447. The van der Waals surface area contributed by atoms with Crippen molar-refractivity contribution >= 4 is 11.6 Å². The lowest BCUT2D eigenvalue weighted by Crippen LogP contribution is -2.39. The first kappa shape index (κ1) is 15.8. The molecule has 2 heterocycles. The lowest BCUT2D eigenvalue weighted by Gasteiger charge is -2.24. The molecule has 1 aliphatic rings. The number of halogens is 1. The van der Waals surface area contributed by atoms with E-state index in [0.717, 1.165) is 48.9 Å². The number of ether oxygens (including phenoxy) is 1. The van der Waals surface area contributed by atoms with E-state index in [-0.39, 0.29) is 0 Å². The van der Waals surface area contributed by atoms with Crippen molar-refractivity contribution in [3.05, 3.63) is 16.4 Å². The van der Waals surface area contributed by atoms with E-state index in [2.05, 4.69) is 31.2 Å². The van der Waals surface area contributed by atoms with Gasteiger partial charge in [0.15, 0.2) is 0 Å². The van der Waals surface area contributed by atoms with Crippen LogP contribution in [0.3, 0.4) is 0 Å². The van der Waals surface area contributed by atoms with Crippen molar-refractivity contribution in [1.82, 2.24) is 15.1 Å². The molecule has 0 amide bonds. The van der Waals surface area contributed by atoms with Gasteiger partial charge in [0.25, 0.3) is 0 Å². The van der Waals surface area contributed by atoms with Gasteiger partial charge in [0.2, 0.25) is 0 Å². The molecule has 3 atom stereocenters. The standard InChI is InChI=1S/C15H26ClN3O/c1-5-17-13(12-7-10(3)20-9-12)8-14-15(16)11(4)18-19(14)6-2/h10,12-13,17H,5-9H2,1-4H3. The Kier molecular flexibility index (Phi) is 5.47. The minimum Gasteiger partial charge on any atom is -0.378 e. The zero-order chi connectivity index (χ0) is 14.7. The van der Waals surface area contributed by atoms with Crippen LogP contribution in [0.25, 0.3) is 0 Å². The Morgan fingerprint density at radius 2 is 2.25 bits per heavy atom. The van der Waals surface area contributed by atoms with Crippen LogP contribution in [0, 0.1) is 12.8 Å². The number of rotatable bonds is 6. The number of hydrogen-bond acceptors (Lipinski definition) is 3. The van der Waals surface area contributed by atoms with E-state index >= 15 is 0 Å². The maximum atomic E-state index is 6.43. The summed E-state index contributed by atoms with van der Waals surface area (Å²) < 4.78 is 7.76. The number of likely N-dealkylation sites (N-methyl/N-ethyl adjacent to an activating group) is 1. The highest BCUT2D eigenvalue weighted by molar-refractivity contribution is 6.31.